The van der Waals surface area contributed by atoms with Crippen LogP contribution in [0.3, 0.4) is 0 Å². The molecule has 0 saturated carbocycles. The summed E-state index contributed by atoms with van der Waals surface area (Å²) in [6, 6.07) is 9.30. The third-order valence-corrected chi connectivity index (χ3v) is 5.45. The number of hydrogen-bond acceptors (Lipinski definition) is 5. The lowest BCUT2D eigenvalue weighted by molar-refractivity contribution is -0.118. The van der Waals surface area contributed by atoms with Crippen LogP contribution in [0.1, 0.15) is 33.6 Å². The van der Waals surface area contributed by atoms with E-state index >= 15 is 0 Å². The van der Waals surface area contributed by atoms with Gasteiger partial charge in [0.1, 0.15) is 5.75 Å². The SMILES string of the molecule is O=C(COc1ccc(Cl)cc1Cl)Nc1ccc2c(c1)C(=O)N(CC1CCCO1)C2=O. The summed E-state index contributed by atoms with van der Waals surface area (Å²) in [7, 11) is 0. The van der Waals surface area contributed by atoms with Crippen LogP contribution in [0.4, 0.5) is 5.69 Å². The first kappa shape index (κ1) is 20.7. The van der Waals surface area contributed by atoms with Gasteiger partial charge in [0, 0.05) is 17.3 Å². The molecule has 2 aliphatic heterocycles. The summed E-state index contributed by atoms with van der Waals surface area (Å²) in [5.41, 5.74) is 0.974. The third kappa shape index (κ3) is 4.28. The first-order valence-corrected chi connectivity index (χ1v) is 10.2. The Kier molecular flexibility index (Phi) is 5.94. The minimum Gasteiger partial charge on any atom is -0.482 e. The number of nitrogens with one attached hydrogen (secondary N) is 1. The molecular formula is C21H18Cl2N2O5. The van der Waals surface area contributed by atoms with Gasteiger partial charge in [0.25, 0.3) is 17.7 Å². The van der Waals surface area contributed by atoms with Crippen LogP contribution in [0.5, 0.6) is 5.75 Å². The molecule has 0 aromatic heterocycles. The van der Waals surface area contributed by atoms with E-state index < -0.39 is 5.91 Å². The van der Waals surface area contributed by atoms with E-state index in [1.165, 1.54) is 23.1 Å². The summed E-state index contributed by atoms with van der Waals surface area (Å²) < 4.78 is 10.9. The van der Waals surface area contributed by atoms with Gasteiger partial charge in [-0.05, 0) is 49.2 Å². The zero-order chi connectivity index (χ0) is 21.3. The van der Waals surface area contributed by atoms with Crippen LogP contribution in [0.25, 0.3) is 0 Å². The van der Waals surface area contributed by atoms with Crippen LogP contribution in [0.2, 0.25) is 10.0 Å². The van der Waals surface area contributed by atoms with Crippen molar-refractivity contribution < 1.29 is 23.9 Å². The van der Waals surface area contributed by atoms with Crippen molar-refractivity contribution >= 4 is 46.6 Å². The van der Waals surface area contributed by atoms with Crippen molar-refractivity contribution in [1.82, 2.24) is 4.90 Å². The molecule has 0 aliphatic carbocycles. The lowest BCUT2D eigenvalue weighted by atomic mass is 10.1. The zero-order valence-corrected chi connectivity index (χ0v) is 17.3. The second-order valence-corrected chi connectivity index (χ2v) is 7.87. The molecule has 1 fully saturated rings. The van der Waals surface area contributed by atoms with Crippen LogP contribution >= 0.6 is 23.2 Å². The van der Waals surface area contributed by atoms with Gasteiger partial charge in [-0.25, -0.2) is 0 Å². The number of carbonyl (C=O) groups is 3. The maximum Gasteiger partial charge on any atom is 0.262 e. The molecule has 2 aromatic rings. The van der Waals surface area contributed by atoms with Crippen LogP contribution in [-0.4, -0.2) is 48.5 Å². The largest absolute Gasteiger partial charge is 0.482 e. The number of nitrogens with zero attached hydrogens (tertiary/aromatic N) is 1. The molecule has 9 heteroatoms. The Bertz CT molecular complexity index is 1020. The highest BCUT2D eigenvalue weighted by Crippen LogP contribution is 2.29. The normalized spacial score (nSPS) is 17.9. The number of halogens is 2. The molecule has 0 spiro atoms. The Labute approximate surface area is 182 Å². The van der Waals surface area contributed by atoms with Crippen molar-refractivity contribution in [3.8, 4) is 5.75 Å². The van der Waals surface area contributed by atoms with Gasteiger partial charge >= 0.3 is 0 Å². The van der Waals surface area contributed by atoms with E-state index in [9.17, 15) is 14.4 Å². The number of amides is 3. The van der Waals surface area contributed by atoms with Crippen LogP contribution < -0.4 is 10.1 Å². The molecule has 30 heavy (non-hydrogen) atoms. The Morgan fingerprint density at radius 1 is 1.13 bits per heavy atom. The van der Waals surface area contributed by atoms with Gasteiger partial charge in [-0.3, -0.25) is 19.3 Å². The quantitative estimate of drug-likeness (QED) is 0.679. The standard InChI is InChI=1S/C21H18Cl2N2O5/c22-12-3-6-18(17(23)8-12)30-11-19(26)24-13-4-5-15-16(9-13)21(28)25(20(15)27)10-14-2-1-7-29-14/h3-6,8-9,14H,1-2,7,10-11H2,(H,24,26). The highest BCUT2D eigenvalue weighted by atomic mass is 35.5. The van der Waals surface area contributed by atoms with E-state index in [2.05, 4.69) is 5.32 Å². The molecule has 156 valence electrons. The minimum atomic E-state index is -0.436. The van der Waals surface area contributed by atoms with Crippen molar-refractivity contribution in [1.29, 1.82) is 0 Å². The number of carbonyl (C=O) groups excluding carboxylic acids is 3. The van der Waals surface area contributed by atoms with Gasteiger partial charge in [0.15, 0.2) is 6.61 Å². The summed E-state index contributed by atoms with van der Waals surface area (Å²) >= 11 is 11.8. The topological polar surface area (TPSA) is 84.9 Å². The molecule has 1 unspecified atom stereocenters. The van der Waals surface area contributed by atoms with Crippen molar-refractivity contribution in [2.45, 2.75) is 18.9 Å². The molecular weight excluding hydrogens is 431 g/mol. The van der Waals surface area contributed by atoms with E-state index in [0.29, 0.717) is 33.7 Å². The zero-order valence-electron chi connectivity index (χ0n) is 15.8. The fourth-order valence-corrected chi connectivity index (χ4v) is 3.92. The Morgan fingerprint density at radius 2 is 1.93 bits per heavy atom. The minimum absolute atomic E-state index is 0.122. The van der Waals surface area contributed by atoms with E-state index in [0.717, 1.165) is 12.8 Å². The van der Waals surface area contributed by atoms with Crippen molar-refractivity contribution in [3.63, 3.8) is 0 Å². The maximum atomic E-state index is 12.7. The number of ether oxygens (including phenoxy) is 2. The molecule has 4 rings (SSSR count). The molecule has 2 aliphatic rings. The van der Waals surface area contributed by atoms with Gasteiger partial charge in [0.05, 0.1) is 28.8 Å². The van der Waals surface area contributed by atoms with Gasteiger partial charge < -0.3 is 14.8 Å². The lowest BCUT2D eigenvalue weighted by Crippen LogP contribution is -2.36. The Morgan fingerprint density at radius 3 is 2.67 bits per heavy atom. The number of fused-ring (bicyclic) bond motifs is 1. The molecule has 2 heterocycles. The van der Waals surface area contributed by atoms with E-state index in [1.54, 1.807) is 18.2 Å². The molecule has 3 amide bonds. The monoisotopic (exact) mass is 448 g/mol. The number of anilines is 1. The molecule has 2 aromatic carbocycles. The van der Waals surface area contributed by atoms with E-state index in [-0.39, 0.29) is 36.6 Å². The van der Waals surface area contributed by atoms with Gasteiger partial charge in [-0.2, -0.15) is 0 Å². The number of imide groups is 1. The first-order chi connectivity index (χ1) is 14.4. The fraction of sp³-hybridized carbons (Fsp3) is 0.286. The average molecular weight is 449 g/mol. The average Bonchev–Trinajstić information content (AvgIpc) is 3.30. The second kappa shape index (κ2) is 8.63. The van der Waals surface area contributed by atoms with Crippen LogP contribution in [0.15, 0.2) is 36.4 Å². The molecule has 0 radical (unpaired) electrons. The first-order valence-electron chi connectivity index (χ1n) is 9.42. The summed E-state index contributed by atoms with van der Waals surface area (Å²) in [6.07, 6.45) is 1.63. The fourth-order valence-electron chi connectivity index (χ4n) is 3.46. The van der Waals surface area contributed by atoms with Crippen molar-refractivity contribution in [2.75, 3.05) is 25.1 Å². The molecule has 1 atom stereocenters. The maximum absolute atomic E-state index is 12.7. The summed E-state index contributed by atoms with van der Waals surface area (Å²) in [5.74, 6) is -0.834. The Balaban J connectivity index is 1.40. The van der Waals surface area contributed by atoms with Gasteiger partial charge in [0.2, 0.25) is 0 Å². The van der Waals surface area contributed by atoms with E-state index in [1.807, 2.05) is 0 Å². The smallest absolute Gasteiger partial charge is 0.262 e. The summed E-state index contributed by atoms with van der Waals surface area (Å²) in [4.78, 5) is 38.7. The summed E-state index contributed by atoms with van der Waals surface area (Å²) in [6.45, 7) is 0.605. The van der Waals surface area contributed by atoms with Gasteiger partial charge in [-0.1, -0.05) is 23.2 Å². The van der Waals surface area contributed by atoms with E-state index in [4.69, 9.17) is 32.7 Å². The highest BCUT2D eigenvalue weighted by molar-refractivity contribution is 6.35. The Hall–Kier alpha value is -2.61. The lowest BCUT2D eigenvalue weighted by Gasteiger charge is -2.17. The number of rotatable bonds is 6. The second-order valence-electron chi connectivity index (χ2n) is 7.03. The van der Waals surface area contributed by atoms with Crippen molar-refractivity contribution in [3.05, 3.63) is 57.6 Å². The predicted octanol–water partition coefficient (Wildman–Crippen LogP) is 3.79. The van der Waals surface area contributed by atoms with Crippen LogP contribution in [0, 0.1) is 0 Å². The van der Waals surface area contributed by atoms with Gasteiger partial charge in [-0.15, -0.1) is 0 Å². The molecule has 1 N–H and O–H groups in total. The van der Waals surface area contributed by atoms with Crippen LogP contribution in [-0.2, 0) is 9.53 Å². The highest BCUT2D eigenvalue weighted by Gasteiger charge is 2.37. The molecule has 0 bridgehead atoms. The third-order valence-electron chi connectivity index (χ3n) is 4.92. The number of hydrogen-bond donors (Lipinski definition) is 1. The molecule has 1 saturated heterocycles. The predicted molar refractivity (Wildman–Crippen MR) is 111 cm³/mol. The molecule has 7 nitrogen and oxygen atoms in total. The number of benzene rings is 2. The summed E-state index contributed by atoms with van der Waals surface area (Å²) in [5, 5.41) is 3.41. The van der Waals surface area contributed by atoms with Crippen molar-refractivity contribution in [2.24, 2.45) is 0 Å².